The number of hydrogen-bond acceptors (Lipinski definition) is 4. The molecule has 1 aromatic rings. The van der Waals surface area contributed by atoms with Crippen LogP contribution in [0.1, 0.15) is 35.7 Å². The molecule has 0 aliphatic rings. The lowest BCUT2D eigenvalue weighted by Gasteiger charge is -2.09. The quantitative estimate of drug-likeness (QED) is 0.802. The lowest BCUT2D eigenvalue weighted by atomic mass is 10.1. The standard InChI is InChI=1S/C13H16N2O3S/c1-2-11-7-3-4-8-12(11)13(16)15-19(17,18)10-6-5-9-14/h3-4,7-8H,2,5-6,10H2,1H3,(H,15,16). The van der Waals surface area contributed by atoms with Crippen LogP contribution in [0.2, 0.25) is 0 Å². The van der Waals surface area contributed by atoms with Gasteiger partial charge in [0, 0.05) is 12.0 Å². The maximum Gasteiger partial charge on any atom is 0.265 e. The van der Waals surface area contributed by atoms with Crippen LogP contribution in [0.3, 0.4) is 0 Å². The van der Waals surface area contributed by atoms with Crippen molar-refractivity contribution in [3.05, 3.63) is 35.4 Å². The fraction of sp³-hybridized carbons (Fsp3) is 0.385. The highest BCUT2D eigenvalue weighted by molar-refractivity contribution is 7.90. The van der Waals surface area contributed by atoms with Crippen LogP contribution < -0.4 is 4.72 Å². The molecule has 19 heavy (non-hydrogen) atoms. The van der Waals surface area contributed by atoms with Crippen LogP contribution in [0.15, 0.2) is 24.3 Å². The normalized spacial score (nSPS) is 10.7. The molecule has 0 atom stereocenters. The number of nitriles is 1. The van der Waals surface area contributed by atoms with Gasteiger partial charge in [-0.05, 0) is 24.5 Å². The van der Waals surface area contributed by atoms with Crippen molar-refractivity contribution in [3.8, 4) is 6.07 Å². The number of carbonyl (C=O) groups is 1. The number of hydrogen-bond donors (Lipinski definition) is 1. The van der Waals surface area contributed by atoms with Crippen LogP contribution >= 0.6 is 0 Å². The average Bonchev–Trinajstić information content (AvgIpc) is 2.38. The summed E-state index contributed by atoms with van der Waals surface area (Å²) in [5.74, 6) is -0.838. The second-order valence-corrected chi connectivity index (χ2v) is 5.86. The van der Waals surface area contributed by atoms with Crippen molar-refractivity contribution in [2.24, 2.45) is 0 Å². The first-order chi connectivity index (χ1) is 9.00. The highest BCUT2D eigenvalue weighted by Gasteiger charge is 2.17. The molecule has 0 aromatic heterocycles. The number of unbranched alkanes of at least 4 members (excludes halogenated alkanes) is 1. The van der Waals surface area contributed by atoms with E-state index >= 15 is 0 Å². The number of sulfonamides is 1. The maximum absolute atomic E-state index is 11.9. The van der Waals surface area contributed by atoms with Crippen molar-refractivity contribution in [1.82, 2.24) is 4.72 Å². The molecule has 5 nitrogen and oxygen atoms in total. The summed E-state index contributed by atoms with van der Waals surface area (Å²) in [5, 5.41) is 8.36. The molecule has 1 aromatic carbocycles. The van der Waals surface area contributed by atoms with E-state index in [2.05, 4.69) is 0 Å². The molecular weight excluding hydrogens is 264 g/mol. The summed E-state index contributed by atoms with van der Waals surface area (Å²) < 4.78 is 25.3. The summed E-state index contributed by atoms with van der Waals surface area (Å²) in [5.41, 5.74) is 1.17. The number of nitrogens with one attached hydrogen (secondary N) is 1. The topological polar surface area (TPSA) is 87.0 Å². The fourth-order valence-electron chi connectivity index (χ4n) is 1.64. The van der Waals surface area contributed by atoms with Crippen LogP contribution in [0, 0.1) is 11.3 Å². The first-order valence-electron chi connectivity index (χ1n) is 6.00. The number of nitrogens with zero attached hydrogens (tertiary/aromatic N) is 1. The Labute approximate surface area is 113 Å². The van der Waals surface area contributed by atoms with Gasteiger partial charge in [-0.25, -0.2) is 13.1 Å². The SMILES string of the molecule is CCc1ccccc1C(=O)NS(=O)(=O)CCCC#N. The maximum atomic E-state index is 11.9. The Morgan fingerprint density at radius 1 is 1.37 bits per heavy atom. The monoisotopic (exact) mass is 280 g/mol. The van der Waals surface area contributed by atoms with E-state index in [0.717, 1.165) is 5.56 Å². The van der Waals surface area contributed by atoms with Gasteiger partial charge in [0.1, 0.15) is 0 Å². The zero-order valence-electron chi connectivity index (χ0n) is 10.7. The molecule has 1 N–H and O–H groups in total. The van der Waals surface area contributed by atoms with Gasteiger partial charge in [0.15, 0.2) is 0 Å². The average molecular weight is 280 g/mol. The molecule has 0 saturated heterocycles. The molecular formula is C13H16N2O3S. The molecule has 1 amide bonds. The van der Waals surface area contributed by atoms with Crippen LogP contribution in [0.5, 0.6) is 0 Å². The molecule has 0 spiro atoms. The van der Waals surface area contributed by atoms with Crippen LogP contribution in [-0.4, -0.2) is 20.1 Å². The number of aryl methyl sites for hydroxylation is 1. The predicted molar refractivity (Wildman–Crippen MR) is 71.9 cm³/mol. The molecule has 0 aliphatic heterocycles. The predicted octanol–water partition coefficient (Wildman–Crippen LogP) is 1.61. The Morgan fingerprint density at radius 3 is 2.68 bits per heavy atom. The Balaban J connectivity index is 2.77. The second kappa shape index (κ2) is 6.90. The fourth-order valence-corrected chi connectivity index (χ4v) is 2.66. The highest BCUT2D eigenvalue weighted by Crippen LogP contribution is 2.09. The first-order valence-corrected chi connectivity index (χ1v) is 7.65. The summed E-state index contributed by atoms with van der Waals surface area (Å²) in [7, 11) is -3.68. The van der Waals surface area contributed by atoms with Gasteiger partial charge in [0.05, 0.1) is 11.8 Å². The highest BCUT2D eigenvalue weighted by atomic mass is 32.2. The van der Waals surface area contributed by atoms with E-state index in [1.54, 1.807) is 24.3 Å². The summed E-state index contributed by atoms with van der Waals surface area (Å²) in [6.45, 7) is 1.90. The third kappa shape index (κ3) is 4.72. The van der Waals surface area contributed by atoms with Crippen molar-refractivity contribution in [3.63, 3.8) is 0 Å². The lowest BCUT2D eigenvalue weighted by molar-refractivity contribution is 0.0980. The molecule has 0 aliphatic carbocycles. The Kier molecular flexibility index (Phi) is 5.52. The van der Waals surface area contributed by atoms with Crippen LogP contribution in [-0.2, 0) is 16.4 Å². The zero-order chi connectivity index (χ0) is 14.3. The molecule has 0 bridgehead atoms. The molecule has 0 heterocycles. The molecule has 0 unspecified atom stereocenters. The van der Waals surface area contributed by atoms with Crippen molar-refractivity contribution in [2.45, 2.75) is 26.2 Å². The molecule has 6 heteroatoms. The Hall–Kier alpha value is -1.87. The molecule has 0 saturated carbocycles. The summed E-state index contributed by atoms with van der Waals surface area (Å²) in [6.07, 6.45) is 1.02. The lowest BCUT2D eigenvalue weighted by Crippen LogP contribution is -2.33. The summed E-state index contributed by atoms with van der Waals surface area (Å²) in [6, 6.07) is 8.74. The third-order valence-corrected chi connectivity index (χ3v) is 3.92. The van der Waals surface area contributed by atoms with Crippen molar-refractivity contribution < 1.29 is 13.2 Å². The number of amides is 1. The molecule has 0 fully saturated rings. The number of benzene rings is 1. The third-order valence-electron chi connectivity index (χ3n) is 2.59. The van der Waals surface area contributed by atoms with Gasteiger partial charge in [-0.3, -0.25) is 4.79 Å². The minimum absolute atomic E-state index is 0.153. The van der Waals surface area contributed by atoms with E-state index in [1.807, 2.05) is 17.7 Å². The van der Waals surface area contributed by atoms with Gasteiger partial charge in [-0.1, -0.05) is 25.1 Å². The van der Waals surface area contributed by atoms with Crippen molar-refractivity contribution >= 4 is 15.9 Å². The van der Waals surface area contributed by atoms with Gasteiger partial charge in [-0.15, -0.1) is 0 Å². The summed E-state index contributed by atoms with van der Waals surface area (Å²) in [4.78, 5) is 11.9. The minimum atomic E-state index is -3.68. The van der Waals surface area contributed by atoms with Gasteiger partial charge in [0.2, 0.25) is 10.0 Å². The van der Waals surface area contributed by atoms with Crippen molar-refractivity contribution in [1.29, 1.82) is 5.26 Å². The molecule has 1 rings (SSSR count). The van der Waals surface area contributed by atoms with E-state index in [-0.39, 0.29) is 18.6 Å². The molecule has 0 radical (unpaired) electrons. The van der Waals surface area contributed by atoms with Gasteiger partial charge < -0.3 is 0 Å². The van der Waals surface area contributed by atoms with Gasteiger partial charge in [-0.2, -0.15) is 5.26 Å². The van der Waals surface area contributed by atoms with E-state index in [1.165, 1.54) is 0 Å². The Bertz CT molecular complexity index is 588. The molecule has 102 valence electrons. The summed E-state index contributed by atoms with van der Waals surface area (Å²) >= 11 is 0. The minimum Gasteiger partial charge on any atom is -0.268 e. The smallest absolute Gasteiger partial charge is 0.265 e. The van der Waals surface area contributed by atoms with E-state index in [9.17, 15) is 13.2 Å². The van der Waals surface area contributed by atoms with E-state index < -0.39 is 15.9 Å². The first kappa shape index (κ1) is 15.2. The van der Waals surface area contributed by atoms with Gasteiger partial charge >= 0.3 is 0 Å². The van der Waals surface area contributed by atoms with Crippen LogP contribution in [0.25, 0.3) is 0 Å². The second-order valence-electron chi connectivity index (χ2n) is 4.02. The largest absolute Gasteiger partial charge is 0.268 e. The number of carbonyl (C=O) groups excluding carboxylic acids is 1. The zero-order valence-corrected chi connectivity index (χ0v) is 11.5. The Morgan fingerprint density at radius 2 is 2.05 bits per heavy atom. The number of rotatable bonds is 6. The van der Waals surface area contributed by atoms with E-state index in [4.69, 9.17) is 5.26 Å². The van der Waals surface area contributed by atoms with E-state index in [0.29, 0.717) is 12.0 Å². The van der Waals surface area contributed by atoms with Crippen LogP contribution in [0.4, 0.5) is 0 Å². The van der Waals surface area contributed by atoms with Crippen molar-refractivity contribution in [2.75, 3.05) is 5.75 Å². The van der Waals surface area contributed by atoms with Gasteiger partial charge in [0.25, 0.3) is 5.91 Å².